The van der Waals surface area contributed by atoms with E-state index < -0.39 is 0 Å². The molecule has 1 aromatic heterocycles. The predicted octanol–water partition coefficient (Wildman–Crippen LogP) is 1.83. The Hall–Kier alpha value is -1.88. The summed E-state index contributed by atoms with van der Waals surface area (Å²) in [7, 11) is 0. The van der Waals surface area contributed by atoms with Crippen molar-refractivity contribution in [1.29, 1.82) is 0 Å². The van der Waals surface area contributed by atoms with Crippen LogP contribution in [0.5, 0.6) is 5.75 Å². The second kappa shape index (κ2) is 4.42. The highest BCUT2D eigenvalue weighted by Crippen LogP contribution is 2.31. The van der Waals surface area contributed by atoms with Gasteiger partial charge in [-0.15, -0.1) is 0 Å². The van der Waals surface area contributed by atoms with E-state index in [4.69, 9.17) is 22.1 Å². The Kier molecular flexibility index (Phi) is 2.76. The molecule has 1 aromatic carbocycles. The summed E-state index contributed by atoms with van der Waals surface area (Å²) in [6.07, 6.45) is 0.815. The zero-order valence-corrected chi connectivity index (χ0v) is 10.3. The van der Waals surface area contributed by atoms with Gasteiger partial charge in [0.2, 0.25) is 11.2 Å². The van der Waals surface area contributed by atoms with Gasteiger partial charge in [0.25, 0.3) is 0 Å². The van der Waals surface area contributed by atoms with Crippen LogP contribution in [-0.2, 0) is 6.42 Å². The van der Waals surface area contributed by atoms with Gasteiger partial charge in [-0.25, -0.2) is 4.98 Å². The second-order valence-corrected chi connectivity index (χ2v) is 4.48. The first kappa shape index (κ1) is 11.2. The molecule has 2 aromatic rings. The molecule has 0 bridgehead atoms. The molecule has 0 fully saturated rings. The van der Waals surface area contributed by atoms with Crippen molar-refractivity contribution in [1.82, 2.24) is 15.0 Å². The normalized spacial score (nSPS) is 17.9. The number of para-hydroxylation sites is 1. The monoisotopic (exact) mass is 262 g/mol. The highest BCUT2D eigenvalue weighted by Gasteiger charge is 2.24. The maximum atomic E-state index is 5.79. The Morgan fingerprint density at radius 3 is 2.89 bits per heavy atom. The molecule has 0 saturated heterocycles. The van der Waals surface area contributed by atoms with Crippen LogP contribution in [0.1, 0.15) is 17.3 Å². The van der Waals surface area contributed by atoms with Crippen molar-refractivity contribution in [3.8, 4) is 5.75 Å². The molecule has 0 spiro atoms. The molecule has 3 rings (SSSR count). The minimum atomic E-state index is 0.0581. The number of ether oxygens (including phenoxy) is 1. The van der Waals surface area contributed by atoms with Crippen molar-refractivity contribution in [2.75, 3.05) is 12.3 Å². The van der Waals surface area contributed by atoms with Gasteiger partial charge in [-0.3, -0.25) is 0 Å². The molecule has 6 heteroatoms. The molecule has 1 unspecified atom stereocenters. The number of hydrogen-bond donors (Lipinski definition) is 1. The van der Waals surface area contributed by atoms with Gasteiger partial charge in [0.05, 0.1) is 12.5 Å². The van der Waals surface area contributed by atoms with Gasteiger partial charge in [-0.2, -0.15) is 9.97 Å². The smallest absolute Gasteiger partial charge is 0.227 e. The third kappa shape index (κ3) is 2.09. The average molecular weight is 263 g/mol. The zero-order chi connectivity index (χ0) is 12.5. The average Bonchev–Trinajstić information content (AvgIpc) is 2.37. The van der Waals surface area contributed by atoms with E-state index in [0.29, 0.717) is 12.4 Å². The number of hydrogen-bond acceptors (Lipinski definition) is 5. The molecule has 1 aliphatic rings. The first-order valence-corrected chi connectivity index (χ1v) is 5.98. The Morgan fingerprint density at radius 1 is 1.22 bits per heavy atom. The van der Waals surface area contributed by atoms with Crippen LogP contribution in [0, 0.1) is 0 Å². The van der Waals surface area contributed by atoms with E-state index in [-0.39, 0.29) is 17.1 Å². The maximum Gasteiger partial charge on any atom is 0.227 e. The summed E-state index contributed by atoms with van der Waals surface area (Å²) in [5, 5.41) is 0.122. The van der Waals surface area contributed by atoms with Crippen molar-refractivity contribution < 1.29 is 4.74 Å². The zero-order valence-electron chi connectivity index (χ0n) is 9.51. The fraction of sp³-hybridized carbons (Fsp3) is 0.250. The van der Waals surface area contributed by atoms with Crippen molar-refractivity contribution in [2.45, 2.75) is 12.3 Å². The molecular formula is C12H11ClN4O. The molecule has 18 heavy (non-hydrogen) atoms. The quantitative estimate of drug-likeness (QED) is 0.849. The summed E-state index contributed by atoms with van der Waals surface area (Å²) in [6, 6.07) is 7.93. The number of nitrogens with two attached hydrogens (primary N) is 1. The van der Waals surface area contributed by atoms with Crippen molar-refractivity contribution in [3.05, 3.63) is 40.9 Å². The van der Waals surface area contributed by atoms with Gasteiger partial charge in [-0.1, -0.05) is 18.2 Å². The SMILES string of the molecule is Nc1nc(Cl)nc(C2COc3ccccc3C2)n1. The molecule has 1 atom stereocenters. The Bertz CT molecular complexity index is 570. The summed E-state index contributed by atoms with van der Waals surface area (Å²) in [5.74, 6) is 1.70. The minimum absolute atomic E-state index is 0.0581. The Labute approximate surface area is 109 Å². The molecule has 0 radical (unpaired) electrons. The second-order valence-electron chi connectivity index (χ2n) is 4.14. The number of halogens is 1. The number of anilines is 1. The molecule has 0 amide bonds. The number of benzene rings is 1. The molecule has 5 nitrogen and oxygen atoms in total. The first-order valence-electron chi connectivity index (χ1n) is 5.60. The Balaban J connectivity index is 1.91. The van der Waals surface area contributed by atoms with Crippen LogP contribution in [0.4, 0.5) is 5.95 Å². The van der Waals surface area contributed by atoms with Gasteiger partial charge < -0.3 is 10.5 Å². The highest BCUT2D eigenvalue weighted by atomic mass is 35.5. The molecule has 2 heterocycles. The van der Waals surface area contributed by atoms with Gasteiger partial charge in [0.1, 0.15) is 11.6 Å². The van der Waals surface area contributed by atoms with E-state index in [1.165, 1.54) is 0 Å². The maximum absolute atomic E-state index is 5.79. The van der Waals surface area contributed by atoms with Gasteiger partial charge in [0, 0.05) is 0 Å². The van der Waals surface area contributed by atoms with Crippen LogP contribution < -0.4 is 10.5 Å². The van der Waals surface area contributed by atoms with Crippen LogP contribution in [0.15, 0.2) is 24.3 Å². The van der Waals surface area contributed by atoms with Gasteiger partial charge in [-0.05, 0) is 29.7 Å². The number of nitrogens with zero attached hydrogens (tertiary/aromatic N) is 3. The van der Waals surface area contributed by atoms with E-state index in [1.54, 1.807) is 0 Å². The number of fused-ring (bicyclic) bond motifs is 1. The lowest BCUT2D eigenvalue weighted by Gasteiger charge is -2.24. The van der Waals surface area contributed by atoms with E-state index in [1.807, 2.05) is 24.3 Å². The van der Waals surface area contributed by atoms with Crippen LogP contribution in [0.3, 0.4) is 0 Å². The van der Waals surface area contributed by atoms with Crippen molar-refractivity contribution in [2.24, 2.45) is 0 Å². The summed E-state index contributed by atoms with van der Waals surface area (Å²) in [5.41, 5.74) is 6.72. The summed E-state index contributed by atoms with van der Waals surface area (Å²) >= 11 is 5.79. The van der Waals surface area contributed by atoms with Gasteiger partial charge >= 0.3 is 0 Å². The molecule has 0 saturated carbocycles. The summed E-state index contributed by atoms with van der Waals surface area (Å²) in [6.45, 7) is 0.525. The third-order valence-electron chi connectivity index (χ3n) is 2.89. The van der Waals surface area contributed by atoms with E-state index in [2.05, 4.69) is 15.0 Å². The topological polar surface area (TPSA) is 73.9 Å². The largest absolute Gasteiger partial charge is 0.493 e. The number of aromatic nitrogens is 3. The molecule has 1 aliphatic heterocycles. The summed E-state index contributed by atoms with van der Waals surface area (Å²) < 4.78 is 5.69. The minimum Gasteiger partial charge on any atom is -0.493 e. The molecule has 2 N–H and O–H groups in total. The lowest BCUT2D eigenvalue weighted by atomic mass is 9.96. The van der Waals surface area contributed by atoms with E-state index >= 15 is 0 Å². The standard InChI is InChI=1S/C12H11ClN4O/c13-11-15-10(16-12(14)17-11)8-5-7-3-1-2-4-9(7)18-6-8/h1-4,8H,5-6H2,(H2,14,15,16,17). The van der Waals surface area contributed by atoms with Crippen LogP contribution in [0.2, 0.25) is 5.28 Å². The fourth-order valence-corrected chi connectivity index (χ4v) is 2.23. The van der Waals surface area contributed by atoms with Crippen molar-refractivity contribution in [3.63, 3.8) is 0 Å². The molecule has 0 aliphatic carbocycles. The summed E-state index contributed by atoms with van der Waals surface area (Å²) in [4.78, 5) is 12.0. The van der Waals surface area contributed by atoms with Crippen LogP contribution in [-0.4, -0.2) is 21.6 Å². The fourth-order valence-electron chi connectivity index (χ4n) is 2.06. The highest BCUT2D eigenvalue weighted by molar-refractivity contribution is 6.28. The molecular weight excluding hydrogens is 252 g/mol. The lowest BCUT2D eigenvalue weighted by molar-refractivity contribution is 0.257. The van der Waals surface area contributed by atoms with Crippen LogP contribution in [0.25, 0.3) is 0 Å². The molecule has 92 valence electrons. The van der Waals surface area contributed by atoms with Crippen molar-refractivity contribution >= 4 is 17.5 Å². The first-order chi connectivity index (χ1) is 8.72. The number of nitrogen functional groups attached to an aromatic ring is 1. The van der Waals surface area contributed by atoms with E-state index in [9.17, 15) is 0 Å². The van der Waals surface area contributed by atoms with Crippen LogP contribution >= 0.6 is 11.6 Å². The number of rotatable bonds is 1. The predicted molar refractivity (Wildman–Crippen MR) is 67.6 cm³/mol. The van der Waals surface area contributed by atoms with E-state index in [0.717, 1.165) is 17.7 Å². The Morgan fingerprint density at radius 2 is 2.06 bits per heavy atom. The third-order valence-corrected chi connectivity index (χ3v) is 3.06. The van der Waals surface area contributed by atoms with Gasteiger partial charge in [0.15, 0.2) is 0 Å². The lowest BCUT2D eigenvalue weighted by Crippen LogP contribution is -2.21.